The Morgan fingerprint density at radius 1 is 1.41 bits per heavy atom. The Bertz CT molecular complexity index is 916. The minimum atomic E-state index is -4.62. The molecule has 2 heterocycles. The quantitative estimate of drug-likeness (QED) is 0.770. The van der Waals surface area contributed by atoms with Crippen LogP contribution in [0.25, 0.3) is 0 Å². The van der Waals surface area contributed by atoms with Crippen LogP contribution >= 0.6 is 22.9 Å². The van der Waals surface area contributed by atoms with E-state index in [0.29, 0.717) is 14.9 Å². The average Bonchev–Trinajstić information content (AvgIpc) is 2.93. The fourth-order valence-corrected chi connectivity index (χ4v) is 4.15. The number of nitrogens with two attached hydrogens (primary N) is 1. The lowest BCUT2D eigenvalue weighted by Crippen LogP contribution is -2.43. The zero-order chi connectivity index (χ0) is 19.9. The van der Waals surface area contributed by atoms with Crippen LogP contribution in [0.3, 0.4) is 0 Å². The number of hydrogen-bond donors (Lipinski definition) is 2. The molecule has 1 aromatic heterocycles. The Kier molecular flexibility index (Phi) is 4.96. The van der Waals surface area contributed by atoms with Gasteiger partial charge in [0.05, 0.1) is 45.7 Å². The van der Waals surface area contributed by atoms with Gasteiger partial charge >= 0.3 is 12.2 Å². The van der Waals surface area contributed by atoms with Gasteiger partial charge in [-0.3, -0.25) is 9.69 Å². The first kappa shape index (κ1) is 19.3. The molecule has 1 unspecified atom stereocenters. The molecule has 3 N–H and O–H groups in total. The smallest absolute Gasteiger partial charge is 0.416 e. The summed E-state index contributed by atoms with van der Waals surface area (Å²) >= 11 is 7.10. The van der Waals surface area contributed by atoms with E-state index >= 15 is 0 Å². The monoisotopic (exact) mass is 419 g/mol. The van der Waals surface area contributed by atoms with Crippen molar-refractivity contribution in [1.29, 1.82) is 0 Å². The van der Waals surface area contributed by atoms with Crippen molar-refractivity contribution in [3.05, 3.63) is 39.0 Å². The minimum absolute atomic E-state index is 0.0405. The van der Waals surface area contributed by atoms with Crippen LogP contribution in [0.2, 0.25) is 4.34 Å². The molecule has 0 radical (unpaired) electrons. The third kappa shape index (κ3) is 3.67. The van der Waals surface area contributed by atoms with Crippen LogP contribution in [-0.2, 0) is 11.0 Å². The number of hydrogen-bond acceptors (Lipinski definition) is 4. The van der Waals surface area contributed by atoms with Gasteiger partial charge in [0.15, 0.2) is 0 Å². The number of urea groups is 1. The number of nitrogens with one attached hydrogen (secondary N) is 1. The third-order valence-electron chi connectivity index (χ3n) is 3.97. The first-order valence-electron chi connectivity index (χ1n) is 7.54. The van der Waals surface area contributed by atoms with Gasteiger partial charge < -0.3 is 15.8 Å². The Labute approximate surface area is 160 Å². The number of carbonyl (C=O) groups excluding carboxylic acids is 2. The highest BCUT2D eigenvalue weighted by Crippen LogP contribution is 2.47. The van der Waals surface area contributed by atoms with E-state index < -0.39 is 29.7 Å². The van der Waals surface area contributed by atoms with Gasteiger partial charge in [-0.05, 0) is 24.3 Å². The van der Waals surface area contributed by atoms with E-state index in [2.05, 4.69) is 5.32 Å². The number of methoxy groups -OCH3 is 1. The highest BCUT2D eigenvalue weighted by atomic mass is 35.5. The topological polar surface area (TPSA) is 84.7 Å². The summed E-state index contributed by atoms with van der Waals surface area (Å²) in [6.45, 7) is 0. The minimum Gasteiger partial charge on any atom is -0.495 e. The van der Waals surface area contributed by atoms with E-state index in [-0.39, 0.29) is 17.9 Å². The number of thiophene rings is 1. The van der Waals surface area contributed by atoms with Crippen LogP contribution in [0.4, 0.5) is 29.3 Å². The van der Waals surface area contributed by atoms with Crippen LogP contribution in [0.5, 0.6) is 5.75 Å². The van der Waals surface area contributed by atoms with E-state index in [0.717, 1.165) is 34.4 Å². The zero-order valence-corrected chi connectivity index (χ0v) is 15.3. The summed E-state index contributed by atoms with van der Waals surface area (Å²) in [4.78, 5) is 25.8. The summed E-state index contributed by atoms with van der Waals surface area (Å²) < 4.78 is 45.0. The number of alkyl halides is 3. The summed E-state index contributed by atoms with van der Waals surface area (Å²) in [6, 6.07) is 2.63. The molecule has 0 saturated heterocycles. The molecule has 0 fully saturated rings. The van der Waals surface area contributed by atoms with Crippen molar-refractivity contribution in [3.63, 3.8) is 0 Å². The number of nitrogens with zero attached hydrogens (tertiary/aromatic N) is 1. The number of amides is 3. The fourth-order valence-electron chi connectivity index (χ4n) is 2.86. The van der Waals surface area contributed by atoms with Crippen LogP contribution in [-0.4, -0.2) is 19.0 Å². The number of anilines is 2. The first-order valence-corrected chi connectivity index (χ1v) is 8.74. The van der Waals surface area contributed by atoms with Crippen molar-refractivity contribution >= 4 is 46.3 Å². The second-order valence-electron chi connectivity index (χ2n) is 5.70. The van der Waals surface area contributed by atoms with Gasteiger partial charge in [0, 0.05) is 0 Å². The van der Waals surface area contributed by atoms with E-state index in [1.165, 1.54) is 13.2 Å². The molecule has 3 amide bonds. The van der Waals surface area contributed by atoms with Gasteiger partial charge in [-0.2, -0.15) is 13.2 Å². The Morgan fingerprint density at radius 2 is 2.11 bits per heavy atom. The van der Waals surface area contributed by atoms with Crippen LogP contribution < -0.4 is 20.7 Å². The highest BCUT2D eigenvalue weighted by Gasteiger charge is 2.39. The summed E-state index contributed by atoms with van der Waals surface area (Å²) in [7, 11) is 1.27. The zero-order valence-electron chi connectivity index (χ0n) is 13.8. The fraction of sp³-hybridized carbons (Fsp3) is 0.250. The largest absolute Gasteiger partial charge is 0.495 e. The summed E-state index contributed by atoms with van der Waals surface area (Å²) in [5, 5.41) is 2.57. The SMILES string of the molecule is COc1ccc(C(F)(F)F)cc1N1C(=O)Nc2cc(Cl)sc2C1CC(N)=O. The van der Waals surface area contributed by atoms with Gasteiger partial charge in [0.2, 0.25) is 5.91 Å². The maximum Gasteiger partial charge on any atom is 0.416 e. The number of rotatable bonds is 4. The molecule has 144 valence electrons. The number of carbonyl (C=O) groups is 2. The van der Waals surface area contributed by atoms with Gasteiger partial charge in [-0.15, -0.1) is 11.3 Å². The summed E-state index contributed by atoms with van der Waals surface area (Å²) in [5.74, 6) is -0.681. The second kappa shape index (κ2) is 6.93. The lowest BCUT2D eigenvalue weighted by atomic mass is 10.0. The first-order chi connectivity index (χ1) is 12.6. The van der Waals surface area contributed by atoms with Gasteiger partial charge in [-0.1, -0.05) is 11.6 Å². The normalized spacial score (nSPS) is 16.7. The van der Waals surface area contributed by atoms with Crippen molar-refractivity contribution in [3.8, 4) is 5.75 Å². The molecular weight excluding hydrogens is 407 g/mol. The van der Waals surface area contributed by atoms with Gasteiger partial charge in [0.1, 0.15) is 5.75 Å². The standard InChI is InChI=1S/C16H13ClF3N3O3S/c1-26-11-3-2-7(16(18,19)20)4-9(11)23-10(6-13(21)24)14-8(22-15(23)25)5-12(17)27-14/h2-5,10H,6H2,1H3,(H2,21,24)(H,22,25). The molecule has 1 aliphatic heterocycles. The molecule has 11 heteroatoms. The average molecular weight is 420 g/mol. The molecule has 0 saturated carbocycles. The maximum absolute atomic E-state index is 13.2. The Hall–Kier alpha value is -2.46. The molecule has 3 rings (SSSR count). The lowest BCUT2D eigenvalue weighted by Gasteiger charge is -2.36. The van der Waals surface area contributed by atoms with E-state index in [9.17, 15) is 22.8 Å². The summed E-state index contributed by atoms with van der Waals surface area (Å²) in [6.07, 6.45) is -4.92. The van der Waals surface area contributed by atoms with Crippen LogP contribution in [0, 0.1) is 0 Å². The van der Waals surface area contributed by atoms with Crippen molar-refractivity contribution in [1.82, 2.24) is 0 Å². The van der Waals surface area contributed by atoms with Crippen molar-refractivity contribution in [2.45, 2.75) is 18.6 Å². The number of benzene rings is 1. The van der Waals surface area contributed by atoms with E-state index in [4.69, 9.17) is 22.1 Å². The number of halogens is 4. The molecule has 1 aliphatic rings. The number of ether oxygens (including phenoxy) is 1. The predicted molar refractivity (Wildman–Crippen MR) is 95.4 cm³/mol. The summed E-state index contributed by atoms with van der Waals surface area (Å²) in [5.41, 5.74) is 4.61. The van der Waals surface area contributed by atoms with Crippen LogP contribution in [0.1, 0.15) is 22.9 Å². The lowest BCUT2D eigenvalue weighted by molar-refractivity contribution is -0.137. The molecule has 1 aromatic carbocycles. The maximum atomic E-state index is 13.2. The van der Waals surface area contributed by atoms with Crippen molar-refractivity contribution in [2.75, 3.05) is 17.3 Å². The molecule has 6 nitrogen and oxygen atoms in total. The molecule has 27 heavy (non-hydrogen) atoms. The van der Waals surface area contributed by atoms with Crippen molar-refractivity contribution < 1.29 is 27.5 Å². The molecule has 2 aromatic rings. The molecular formula is C16H13ClF3N3O3S. The van der Waals surface area contributed by atoms with E-state index in [1.54, 1.807) is 0 Å². The third-order valence-corrected chi connectivity index (χ3v) is 5.33. The highest BCUT2D eigenvalue weighted by molar-refractivity contribution is 7.16. The van der Waals surface area contributed by atoms with Crippen LogP contribution in [0.15, 0.2) is 24.3 Å². The molecule has 0 spiro atoms. The van der Waals surface area contributed by atoms with Crippen molar-refractivity contribution in [2.24, 2.45) is 5.73 Å². The Balaban J connectivity index is 2.18. The Morgan fingerprint density at radius 3 is 2.70 bits per heavy atom. The number of primary amides is 1. The molecule has 0 aliphatic carbocycles. The van der Waals surface area contributed by atoms with Gasteiger partial charge in [0.25, 0.3) is 0 Å². The number of fused-ring (bicyclic) bond motifs is 1. The second-order valence-corrected chi connectivity index (χ2v) is 7.41. The molecule has 1 atom stereocenters. The van der Waals surface area contributed by atoms with E-state index in [1.807, 2.05) is 0 Å². The predicted octanol–water partition coefficient (Wildman–Crippen LogP) is 4.40. The molecule has 0 bridgehead atoms. The van der Waals surface area contributed by atoms with Gasteiger partial charge in [-0.25, -0.2) is 4.79 Å².